The van der Waals surface area contributed by atoms with Gasteiger partial charge in [-0.15, -0.1) is 0 Å². The molecule has 0 aromatic carbocycles. The maximum absolute atomic E-state index is 5.36. The van der Waals surface area contributed by atoms with Gasteiger partial charge in [0.25, 0.3) is 0 Å². The van der Waals surface area contributed by atoms with Gasteiger partial charge in [0.05, 0.1) is 5.69 Å². The van der Waals surface area contributed by atoms with Gasteiger partial charge in [-0.1, -0.05) is 25.9 Å². The summed E-state index contributed by atoms with van der Waals surface area (Å²) in [5.41, 5.74) is 2.69. The first-order valence-corrected chi connectivity index (χ1v) is 5.07. The number of fused-ring (bicyclic) bond motifs is 1. The van der Waals surface area contributed by atoms with Crippen LogP contribution in [-0.2, 0) is 18.3 Å². The molecule has 2 nitrogen and oxygen atoms in total. The molecule has 2 rings (SSSR count). The minimum atomic E-state index is 0.133. The van der Waals surface area contributed by atoms with Gasteiger partial charge in [0.1, 0.15) is 5.76 Å². The molecule has 0 amide bonds. The van der Waals surface area contributed by atoms with Crippen molar-refractivity contribution in [3.05, 3.63) is 17.0 Å². The van der Waals surface area contributed by atoms with E-state index >= 15 is 0 Å². The van der Waals surface area contributed by atoms with Crippen molar-refractivity contribution >= 4 is 0 Å². The van der Waals surface area contributed by atoms with Crippen LogP contribution < -0.4 is 0 Å². The van der Waals surface area contributed by atoms with E-state index in [-0.39, 0.29) is 5.41 Å². The molecule has 0 atom stereocenters. The summed E-state index contributed by atoms with van der Waals surface area (Å²) in [6.45, 7) is 6.58. The molecule has 1 aliphatic rings. The highest BCUT2D eigenvalue weighted by Crippen LogP contribution is 2.31. The molecule has 0 fully saturated rings. The first-order chi connectivity index (χ1) is 6.09. The van der Waals surface area contributed by atoms with Gasteiger partial charge in [0.15, 0.2) is 0 Å². The molecule has 1 heterocycles. The van der Waals surface area contributed by atoms with Crippen LogP contribution in [-0.4, -0.2) is 5.16 Å². The maximum atomic E-state index is 5.36. The standard InChI is InChI=1S/C11H17NO/c1-11(2,3)10-8-6-4-5-7-9(8)13-12-10/h4-7H2,1-3H3. The van der Waals surface area contributed by atoms with Crippen LogP contribution in [0.2, 0.25) is 0 Å². The summed E-state index contributed by atoms with van der Waals surface area (Å²) in [4.78, 5) is 0. The number of hydrogen-bond acceptors (Lipinski definition) is 2. The number of aryl methyl sites for hydroxylation is 1. The van der Waals surface area contributed by atoms with E-state index in [1.165, 1.54) is 24.1 Å². The Morgan fingerprint density at radius 1 is 1.15 bits per heavy atom. The third-order valence-corrected chi connectivity index (χ3v) is 2.66. The molecule has 0 radical (unpaired) electrons. The van der Waals surface area contributed by atoms with Gasteiger partial charge in [0.2, 0.25) is 0 Å². The molecule has 0 unspecified atom stereocenters. The Bertz CT molecular complexity index is 306. The molecule has 0 bridgehead atoms. The van der Waals surface area contributed by atoms with Crippen molar-refractivity contribution in [3.63, 3.8) is 0 Å². The normalized spacial score (nSPS) is 17.2. The first-order valence-electron chi connectivity index (χ1n) is 5.07. The number of hydrogen-bond donors (Lipinski definition) is 0. The van der Waals surface area contributed by atoms with Crippen LogP contribution in [0.5, 0.6) is 0 Å². The van der Waals surface area contributed by atoms with Crippen molar-refractivity contribution < 1.29 is 4.52 Å². The van der Waals surface area contributed by atoms with Crippen LogP contribution in [0.4, 0.5) is 0 Å². The fourth-order valence-electron chi connectivity index (χ4n) is 1.97. The van der Waals surface area contributed by atoms with Crippen molar-refractivity contribution in [2.45, 2.75) is 51.9 Å². The zero-order valence-electron chi connectivity index (χ0n) is 8.68. The van der Waals surface area contributed by atoms with E-state index in [1.807, 2.05) is 0 Å². The second-order valence-electron chi connectivity index (χ2n) is 4.89. The highest BCUT2D eigenvalue weighted by atomic mass is 16.5. The molecule has 0 saturated heterocycles. The fraction of sp³-hybridized carbons (Fsp3) is 0.727. The van der Waals surface area contributed by atoms with Crippen molar-refractivity contribution in [3.8, 4) is 0 Å². The quantitative estimate of drug-likeness (QED) is 0.612. The first kappa shape index (κ1) is 8.79. The second kappa shape index (κ2) is 2.86. The second-order valence-corrected chi connectivity index (χ2v) is 4.89. The summed E-state index contributed by atoms with van der Waals surface area (Å²) in [5, 5.41) is 4.19. The molecule has 1 aliphatic carbocycles. The average molecular weight is 179 g/mol. The predicted molar refractivity (Wildman–Crippen MR) is 51.8 cm³/mol. The lowest BCUT2D eigenvalue weighted by Gasteiger charge is -2.18. The Morgan fingerprint density at radius 3 is 2.54 bits per heavy atom. The molecule has 13 heavy (non-hydrogen) atoms. The Labute approximate surface area is 79.3 Å². The molecule has 0 N–H and O–H groups in total. The van der Waals surface area contributed by atoms with Gasteiger partial charge >= 0.3 is 0 Å². The molecule has 0 aliphatic heterocycles. The Balaban J connectivity index is 2.43. The van der Waals surface area contributed by atoms with E-state index in [0.717, 1.165) is 18.6 Å². The van der Waals surface area contributed by atoms with Gasteiger partial charge in [-0.3, -0.25) is 0 Å². The van der Waals surface area contributed by atoms with Crippen molar-refractivity contribution in [2.24, 2.45) is 0 Å². The molecule has 1 aromatic heterocycles. The van der Waals surface area contributed by atoms with E-state index in [9.17, 15) is 0 Å². The van der Waals surface area contributed by atoms with E-state index in [0.29, 0.717) is 0 Å². The Kier molecular flexibility index (Phi) is 1.94. The monoisotopic (exact) mass is 179 g/mol. The van der Waals surface area contributed by atoms with Crippen molar-refractivity contribution in [1.82, 2.24) is 5.16 Å². The predicted octanol–water partition coefficient (Wildman–Crippen LogP) is 2.85. The number of rotatable bonds is 0. The van der Waals surface area contributed by atoms with E-state index < -0.39 is 0 Å². The minimum absolute atomic E-state index is 0.133. The molecule has 72 valence electrons. The zero-order valence-corrected chi connectivity index (χ0v) is 8.68. The van der Waals surface area contributed by atoms with Crippen LogP contribution in [0, 0.1) is 0 Å². The van der Waals surface area contributed by atoms with Crippen LogP contribution in [0.3, 0.4) is 0 Å². The van der Waals surface area contributed by atoms with Gasteiger partial charge in [-0.25, -0.2) is 0 Å². The van der Waals surface area contributed by atoms with Crippen LogP contribution in [0.1, 0.15) is 50.6 Å². The SMILES string of the molecule is CC(C)(C)c1noc2c1CCCC2. The summed E-state index contributed by atoms with van der Waals surface area (Å²) in [5.74, 6) is 1.14. The summed E-state index contributed by atoms with van der Waals surface area (Å²) < 4.78 is 5.36. The van der Waals surface area contributed by atoms with Crippen LogP contribution in [0.15, 0.2) is 4.52 Å². The fourth-order valence-corrected chi connectivity index (χ4v) is 1.97. The highest BCUT2D eigenvalue weighted by Gasteiger charge is 2.26. The lowest BCUT2D eigenvalue weighted by Crippen LogP contribution is -2.15. The molecule has 0 saturated carbocycles. The third-order valence-electron chi connectivity index (χ3n) is 2.66. The van der Waals surface area contributed by atoms with Crippen LogP contribution >= 0.6 is 0 Å². The molecule has 0 spiro atoms. The largest absolute Gasteiger partial charge is 0.361 e. The summed E-state index contributed by atoms with van der Waals surface area (Å²) >= 11 is 0. The third kappa shape index (κ3) is 1.50. The van der Waals surface area contributed by atoms with Gasteiger partial charge in [-0.2, -0.15) is 0 Å². The van der Waals surface area contributed by atoms with Crippen LogP contribution in [0.25, 0.3) is 0 Å². The van der Waals surface area contributed by atoms with E-state index in [1.54, 1.807) is 0 Å². The summed E-state index contributed by atoms with van der Waals surface area (Å²) in [6.07, 6.45) is 4.78. The van der Waals surface area contributed by atoms with E-state index in [2.05, 4.69) is 25.9 Å². The minimum Gasteiger partial charge on any atom is -0.361 e. The number of aromatic nitrogens is 1. The average Bonchev–Trinajstić information content (AvgIpc) is 2.45. The van der Waals surface area contributed by atoms with Crippen molar-refractivity contribution in [2.75, 3.05) is 0 Å². The van der Waals surface area contributed by atoms with Gasteiger partial charge in [0, 0.05) is 17.4 Å². The smallest absolute Gasteiger partial charge is 0.140 e. The summed E-state index contributed by atoms with van der Waals surface area (Å²) in [6, 6.07) is 0. The lowest BCUT2D eigenvalue weighted by molar-refractivity contribution is 0.358. The maximum Gasteiger partial charge on any atom is 0.140 e. The highest BCUT2D eigenvalue weighted by molar-refractivity contribution is 5.29. The molecule has 2 heteroatoms. The summed E-state index contributed by atoms with van der Waals surface area (Å²) in [7, 11) is 0. The Hall–Kier alpha value is -0.790. The molecular weight excluding hydrogens is 162 g/mol. The van der Waals surface area contributed by atoms with Crippen molar-refractivity contribution in [1.29, 1.82) is 0 Å². The van der Waals surface area contributed by atoms with E-state index in [4.69, 9.17) is 4.52 Å². The zero-order chi connectivity index (χ0) is 9.47. The Morgan fingerprint density at radius 2 is 1.85 bits per heavy atom. The van der Waals surface area contributed by atoms with Gasteiger partial charge < -0.3 is 4.52 Å². The lowest BCUT2D eigenvalue weighted by atomic mass is 9.85. The number of nitrogens with zero attached hydrogens (tertiary/aromatic N) is 1. The molecular formula is C11H17NO. The topological polar surface area (TPSA) is 26.0 Å². The molecule has 1 aromatic rings. The van der Waals surface area contributed by atoms with Gasteiger partial charge in [-0.05, 0) is 19.3 Å².